The van der Waals surface area contributed by atoms with Gasteiger partial charge in [-0.25, -0.2) is 4.98 Å². The van der Waals surface area contributed by atoms with E-state index >= 15 is 0 Å². The molecule has 0 aliphatic rings. The Morgan fingerprint density at radius 3 is 2.82 bits per heavy atom. The zero-order valence-corrected chi connectivity index (χ0v) is 12.3. The van der Waals surface area contributed by atoms with Gasteiger partial charge < -0.3 is 10.1 Å². The van der Waals surface area contributed by atoms with Crippen LogP contribution in [0.2, 0.25) is 0 Å². The molecule has 0 aliphatic heterocycles. The molecule has 1 amide bonds. The van der Waals surface area contributed by atoms with Gasteiger partial charge in [-0.1, -0.05) is 6.07 Å². The molecule has 0 bridgehead atoms. The summed E-state index contributed by atoms with van der Waals surface area (Å²) in [6.45, 7) is 1.94. The fourth-order valence-electron chi connectivity index (χ4n) is 2.28. The van der Waals surface area contributed by atoms with E-state index in [4.69, 9.17) is 4.74 Å². The largest absolute Gasteiger partial charge is 0.480 e. The van der Waals surface area contributed by atoms with E-state index in [0.29, 0.717) is 17.1 Å². The lowest BCUT2D eigenvalue weighted by Gasteiger charge is -2.10. The summed E-state index contributed by atoms with van der Waals surface area (Å²) in [5, 5.41) is 3.79. The van der Waals surface area contributed by atoms with Crippen molar-refractivity contribution in [1.82, 2.24) is 9.97 Å². The third kappa shape index (κ3) is 2.61. The molecule has 0 atom stereocenters. The first-order valence-corrected chi connectivity index (χ1v) is 6.86. The number of pyridine rings is 2. The Morgan fingerprint density at radius 1 is 1.14 bits per heavy atom. The molecule has 0 fully saturated rings. The SMILES string of the molecule is COc1ncccc1C(=O)Nc1cccc2nc(C)ccc12. The summed E-state index contributed by atoms with van der Waals surface area (Å²) in [6.07, 6.45) is 1.58. The van der Waals surface area contributed by atoms with Gasteiger partial charge in [-0.2, -0.15) is 0 Å². The first kappa shape index (κ1) is 14.0. The number of fused-ring (bicyclic) bond motifs is 1. The standard InChI is InChI=1S/C17H15N3O2/c1-11-8-9-12-14(19-11)6-3-7-15(12)20-16(21)13-5-4-10-18-17(13)22-2/h3-10H,1-2H3,(H,20,21). The zero-order chi connectivity index (χ0) is 15.5. The highest BCUT2D eigenvalue weighted by Crippen LogP contribution is 2.24. The number of aromatic nitrogens is 2. The van der Waals surface area contributed by atoms with Crippen LogP contribution in [0.4, 0.5) is 5.69 Å². The molecular formula is C17H15N3O2. The molecule has 3 aromatic rings. The second-order valence-corrected chi connectivity index (χ2v) is 4.84. The molecule has 5 heteroatoms. The average molecular weight is 293 g/mol. The summed E-state index contributed by atoms with van der Waals surface area (Å²) in [5.41, 5.74) is 2.88. The van der Waals surface area contributed by atoms with Gasteiger partial charge in [0.2, 0.25) is 5.88 Å². The fourth-order valence-corrected chi connectivity index (χ4v) is 2.28. The third-order valence-corrected chi connectivity index (χ3v) is 3.33. The van der Waals surface area contributed by atoms with Crippen LogP contribution in [0.25, 0.3) is 10.9 Å². The number of hydrogen-bond acceptors (Lipinski definition) is 4. The van der Waals surface area contributed by atoms with E-state index in [2.05, 4.69) is 15.3 Å². The van der Waals surface area contributed by atoms with Gasteiger partial charge in [-0.05, 0) is 43.3 Å². The topological polar surface area (TPSA) is 64.1 Å². The minimum Gasteiger partial charge on any atom is -0.480 e. The number of methoxy groups -OCH3 is 1. The minimum absolute atomic E-state index is 0.266. The Hall–Kier alpha value is -2.95. The van der Waals surface area contributed by atoms with Crippen molar-refractivity contribution in [3.05, 3.63) is 59.9 Å². The second kappa shape index (κ2) is 5.81. The zero-order valence-electron chi connectivity index (χ0n) is 12.3. The lowest BCUT2D eigenvalue weighted by Crippen LogP contribution is -2.14. The van der Waals surface area contributed by atoms with E-state index in [9.17, 15) is 4.79 Å². The number of nitrogens with one attached hydrogen (secondary N) is 1. The molecule has 2 aromatic heterocycles. The Bertz CT molecular complexity index is 846. The van der Waals surface area contributed by atoms with Gasteiger partial charge in [0.05, 0.1) is 18.3 Å². The molecule has 0 unspecified atom stereocenters. The van der Waals surface area contributed by atoms with Crippen molar-refractivity contribution in [3.63, 3.8) is 0 Å². The van der Waals surface area contributed by atoms with Gasteiger partial charge in [0.25, 0.3) is 5.91 Å². The van der Waals surface area contributed by atoms with Crippen LogP contribution in [0.15, 0.2) is 48.7 Å². The molecule has 1 N–H and O–H groups in total. The van der Waals surface area contributed by atoms with Crippen LogP contribution in [0.3, 0.4) is 0 Å². The van der Waals surface area contributed by atoms with Crippen LogP contribution in [-0.4, -0.2) is 23.0 Å². The van der Waals surface area contributed by atoms with Gasteiger partial charge in [-0.3, -0.25) is 9.78 Å². The maximum atomic E-state index is 12.5. The third-order valence-electron chi connectivity index (χ3n) is 3.33. The number of carbonyl (C=O) groups excluding carboxylic acids is 1. The summed E-state index contributed by atoms with van der Waals surface area (Å²) in [5.74, 6) is 0.0345. The van der Waals surface area contributed by atoms with Gasteiger partial charge in [0.1, 0.15) is 5.56 Å². The van der Waals surface area contributed by atoms with Crippen molar-refractivity contribution in [2.75, 3.05) is 12.4 Å². The number of ether oxygens (including phenoxy) is 1. The average Bonchev–Trinajstić information content (AvgIpc) is 2.54. The monoisotopic (exact) mass is 293 g/mol. The highest BCUT2D eigenvalue weighted by Gasteiger charge is 2.14. The molecule has 5 nitrogen and oxygen atoms in total. The maximum Gasteiger partial charge on any atom is 0.261 e. The molecular weight excluding hydrogens is 278 g/mol. The number of anilines is 1. The Balaban J connectivity index is 1.98. The fraction of sp³-hybridized carbons (Fsp3) is 0.118. The van der Waals surface area contributed by atoms with Crippen molar-refractivity contribution in [2.45, 2.75) is 6.92 Å². The first-order chi connectivity index (χ1) is 10.7. The van der Waals surface area contributed by atoms with Gasteiger partial charge in [0, 0.05) is 17.3 Å². The molecule has 0 aliphatic carbocycles. The molecule has 22 heavy (non-hydrogen) atoms. The number of hydrogen-bond donors (Lipinski definition) is 1. The molecule has 110 valence electrons. The van der Waals surface area contributed by atoms with E-state index in [0.717, 1.165) is 16.6 Å². The van der Waals surface area contributed by atoms with Gasteiger partial charge in [-0.15, -0.1) is 0 Å². The van der Waals surface area contributed by atoms with Crippen LogP contribution < -0.4 is 10.1 Å². The van der Waals surface area contributed by atoms with Gasteiger partial charge >= 0.3 is 0 Å². The predicted octanol–water partition coefficient (Wildman–Crippen LogP) is 3.20. The summed E-state index contributed by atoms with van der Waals surface area (Å²) < 4.78 is 5.12. The number of nitrogens with zero attached hydrogens (tertiary/aromatic N) is 2. The van der Waals surface area contributed by atoms with Crippen molar-refractivity contribution in [3.8, 4) is 5.88 Å². The summed E-state index contributed by atoms with van der Waals surface area (Å²) >= 11 is 0. The van der Waals surface area contributed by atoms with Crippen molar-refractivity contribution in [1.29, 1.82) is 0 Å². The number of benzene rings is 1. The number of carbonyl (C=O) groups is 1. The van der Waals surface area contributed by atoms with Crippen LogP contribution in [0.5, 0.6) is 5.88 Å². The van der Waals surface area contributed by atoms with E-state index in [1.54, 1.807) is 18.3 Å². The molecule has 0 saturated carbocycles. The van der Waals surface area contributed by atoms with E-state index < -0.39 is 0 Å². The summed E-state index contributed by atoms with van der Waals surface area (Å²) in [4.78, 5) is 21.0. The highest BCUT2D eigenvalue weighted by molar-refractivity contribution is 6.09. The molecule has 0 saturated heterocycles. The van der Waals surface area contributed by atoms with Crippen molar-refractivity contribution in [2.24, 2.45) is 0 Å². The van der Waals surface area contributed by atoms with Crippen LogP contribution in [0.1, 0.15) is 16.1 Å². The number of aryl methyl sites for hydroxylation is 1. The van der Waals surface area contributed by atoms with E-state index in [1.807, 2.05) is 37.3 Å². The Morgan fingerprint density at radius 2 is 2.00 bits per heavy atom. The van der Waals surface area contributed by atoms with Gasteiger partial charge in [0.15, 0.2) is 0 Å². The normalized spacial score (nSPS) is 10.5. The maximum absolute atomic E-state index is 12.5. The minimum atomic E-state index is -0.266. The molecule has 2 heterocycles. The van der Waals surface area contributed by atoms with Crippen LogP contribution in [-0.2, 0) is 0 Å². The van der Waals surface area contributed by atoms with E-state index in [1.165, 1.54) is 7.11 Å². The lowest BCUT2D eigenvalue weighted by atomic mass is 10.1. The number of amides is 1. The van der Waals surface area contributed by atoms with Crippen molar-refractivity contribution >= 4 is 22.5 Å². The lowest BCUT2D eigenvalue weighted by molar-refractivity contribution is 0.102. The smallest absolute Gasteiger partial charge is 0.261 e. The van der Waals surface area contributed by atoms with E-state index in [-0.39, 0.29) is 5.91 Å². The molecule has 0 spiro atoms. The van der Waals surface area contributed by atoms with Crippen LogP contribution in [0, 0.1) is 6.92 Å². The summed E-state index contributed by atoms with van der Waals surface area (Å²) in [6, 6.07) is 12.9. The highest BCUT2D eigenvalue weighted by atomic mass is 16.5. The quantitative estimate of drug-likeness (QED) is 0.805. The second-order valence-electron chi connectivity index (χ2n) is 4.84. The Labute approximate surface area is 128 Å². The van der Waals surface area contributed by atoms with Crippen LogP contribution >= 0.6 is 0 Å². The predicted molar refractivity (Wildman–Crippen MR) is 85.2 cm³/mol. The Kier molecular flexibility index (Phi) is 3.70. The summed E-state index contributed by atoms with van der Waals surface area (Å²) in [7, 11) is 1.49. The first-order valence-electron chi connectivity index (χ1n) is 6.86. The molecule has 3 rings (SSSR count). The number of rotatable bonds is 3. The molecule has 1 aromatic carbocycles. The molecule has 0 radical (unpaired) electrons. The van der Waals surface area contributed by atoms with Crippen molar-refractivity contribution < 1.29 is 9.53 Å².